The third kappa shape index (κ3) is 2.35. The van der Waals surface area contributed by atoms with Gasteiger partial charge < -0.3 is 4.84 Å². The van der Waals surface area contributed by atoms with Gasteiger partial charge in [0.2, 0.25) is 0 Å². The monoisotopic (exact) mass is 184 g/mol. The highest BCUT2D eigenvalue weighted by molar-refractivity contribution is 5.75. The second-order valence-electron chi connectivity index (χ2n) is 2.47. The van der Waals surface area contributed by atoms with Crippen molar-refractivity contribution >= 4 is 5.97 Å². The van der Waals surface area contributed by atoms with Crippen molar-refractivity contribution in [1.82, 2.24) is 5.17 Å². The molecule has 7 heteroatoms. The van der Waals surface area contributed by atoms with Crippen molar-refractivity contribution < 1.29 is 22.8 Å². The number of halogens is 3. The van der Waals surface area contributed by atoms with Crippen molar-refractivity contribution in [3.05, 3.63) is 0 Å². The minimum Gasteiger partial charge on any atom is -0.345 e. The predicted octanol–water partition coefficient (Wildman–Crippen LogP) is 0.345. The first-order valence-electron chi connectivity index (χ1n) is 3.24. The highest BCUT2D eigenvalue weighted by Crippen LogP contribution is 2.26. The summed E-state index contributed by atoms with van der Waals surface area (Å²) in [5, 5.41) is 0.454. The Labute approximate surface area is 66.0 Å². The number of carbonyl (C=O) groups is 1. The number of rotatable bonds is 2. The fourth-order valence-electron chi connectivity index (χ4n) is 0.551. The molecule has 0 saturated heterocycles. The molecule has 1 saturated carbocycles. The maximum absolute atomic E-state index is 11.5. The molecule has 0 amide bonds. The molecule has 0 aromatic heterocycles. The van der Waals surface area contributed by atoms with Gasteiger partial charge in [-0.25, -0.2) is 10.6 Å². The van der Waals surface area contributed by atoms with Crippen LogP contribution in [0.3, 0.4) is 0 Å². The summed E-state index contributed by atoms with van der Waals surface area (Å²) in [5.74, 6) is 2.69. The summed E-state index contributed by atoms with van der Waals surface area (Å²) in [6, 6.07) is -0.253. The van der Waals surface area contributed by atoms with Crippen LogP contribution in [0.1, 0.15) is 12.8 Å². The summed E-state index contributed by atoms with van der Waals surface area (Å²) < 4.78 is 34.6. The van der Waals surface area contributed by atoms with Gasteiger partial charge >= 0.3 is 12.1 Å². The molecule has 0 heterocycles. The molecule has 1 aliphatic carbocycles. The van der Waals surface area contributed by atoms with E-state index in [0.29, 0.717) is 18.0 Å². The van der Waals surface area contributed by atoms with Gasteiger partial charge in [0.05, 0.1) is 6.04 Å². The lowest BCUT2D eigenvalue weighted by Crippen LogP contribution is -2.40. The van der Waals surface area contributed by atoms with Gasteiger partial charge in [-0.15, -0.1) is 0 Å². The van der Waals surface area contributed by atoms with E-state index in [1.807, 2.05) is 0 Å². The zero-order valence-corrected chi connectivity index (χ0v) is 5.97. The first kappa shape index (κ1) is 9.27. The van der Waals surface area contributed by atoms with Crippen molar-refractivity contribution in [3.63, 3.8) is 0 Å². The van der Waals surface area contributed by atoms with Crippen LogP contribution in [0.4, 0.5) is 13.2 Å². The minimum atomic E-state index is -4.98. The molecular formula is C5H7F3N2O2. The summed E-state index contributed by atoms with van der Waals surface area (Å²) in [6.07, 6.45) is -3.67. The minimum absolute atomic E-state index is 0.253. The molecule has 0 radical (unpaired) electrons. The van der Waals surface area contributed by atoms with Crippen LogP contribution < -0.4 is 5.84 Å². The van der Waals surface area contributed by atoms with Crippen LogP contribution in [0, 0.1) is 0 Å². The van der Waals surface area contributed by atoms with Crippen LogP contribution in [0.25, 0.3) is 0 Å². The smallest absolute Gasteiger partial charge is 0.345 e. The molecule has 0 bridgehead atoms. The largest absolute Gasteiger partial charge is 0.492 e. The van der Waals surface area contributed by atoms with Gasteiger partial charge in [0.25, 0.3) is 0 Å². The Morgan fingerprint density at radius 2 is 2.00 bits per heavy atom. The van der Waals surface area contributed by atoms with E-state index in [4.69, 9.17) is 5.84 Å². The number of nitrogens with zero attached hydrogens (tertiary/aromatic N) is 1. The van der Waals surface area contributed by atoms with Gasteiger partial charge in [-0.3, -0.25) is 0 Å². The normalized spacial score (nSPS) is 18.1. The summed E-state index contributed by atoms with van der Waals surface area (Å²) in [6.45, 7) is 0. The Morgan fingerprint density at radius 1 is 1.50 bits per heavy atom. The Balaban J connectivity index is 2.34. The zero-order chi connectivity index (χ0) is 9.35. The van der Waals surface area contributed by atoms with Crippen molar-refractivity contribution in [1.29, 1.82) is 0 Å². The summed E-state index contributed by atoms with van der Waals surface area (Å²) in [4.78, 5) is 13.9. The average molecular weight is 184 g/mol. The van der Waals surface area contributed by atoms with Crippen LogP contribution >= 0.6 is 0 Å². The van der Waals surface area contributed by atoms with Gasteiger partial charge in [-0.2, -0.15) is 13.2 Å². The number of hydroxylamine groups is 1. The molecule has 0 spiro atoms. The van der Waals surface area contributed by atoms with E-state index >= 15 is 0 Å². The predicted molar refractivity (Wildman–Crippen MR) is 31.2 cm³/mol. The highest BCUT2D eigenvalue weighted by Gasteiger charge is 2.44. The SMILES string of the molecule is NN(OC(=O)C(F)(F)F)C1CC1. The van der Waals surface area contributed by atoms with Gasteiger partial charge in [-0.05, 0) is 12.8 Å². The van der Waals surface area contributed by atoms with E-state index in [1.165, 1.54) is 0 Å². The van der Waals surface area contributed by atoms with E-state index in [2.05, 4.69) is 4.84 Å². The summed E-state index contributed by atoms with van der Waals surface area (Å²) >= 11 is 0. The molecule has 70 valence electrons. The molecule has 1 rings (SSSR count). The van der Waals surface area contributed by atoms with E-state index in [0.717, 1.165) is 0 Å². The number of carbonyl (C=O) groups excluding carboxylic acids is 1. The molecule has 0 aliphatic heterocycles. The molecule has 0 aromatic rings. The van der Waals surface area contributed by atoms with E-state index in [1.54, 1.807) is 0 Å². The number of nitrogens with two attached hydrogens (primary N) is 1. The van der Waals surface area contributed by atoms with Gasteiger partial charge in [0, 0.05) is 0 Å². The second-order valence-corrected chi connectivity index (χ2v) is 2.47. The van der Waals surface area contributed by atoms with Crippen LogP contribution in [-0.4, -0.2) is 23.4 Å². The molecule has 2 N–H and O–H groups in total. The maximum Gasteiger partial charge on any atom is 0.492 e. The summed E-state index contributed by atoms with van der Waals surface area (Å²) in [7, 11) is 0. The van der Waals surface area contributed by atoms with Crippen LogP contribution in [0.15, 0.2) is 0 Å². The van der Waals surface area contributed by atoms with Crippen molar-refractivity contribution in [2.75, 3.05) is 0 Å². The first-order valence-corrected chi connectivity index (χ1v) is 3.24. The summed E-state index contributed by atoms with van der Waals surface area (Å²) in [5.41, 5.74) is 0. The third-order valence-corrected chi connectivity index (χ3v) is 1.33. The van der Waals surface area contributed by atoms with Gasteiger partial charge in [-0.1, -0.05) is 5.17 Å². The maximum atomic E-state index is 11.5. The van der Waals surface area contributed by atoms with E-state index in [-0.39, 0.29) is 6.04 Å². The highest BCUT2D eigenvalue weighted by atomic mass is 19.4. The third-order valence-electron chi connectivity index (χ3n) is 1.33. The Hall–Kier alpha value is -0.820. The molecule has 1 aliphatic rings. The van der Waals surface area contributed by atoms with Crippen molar-refractivity contribution in [3.8, 4) is 0 Å². The van der Waals surface area contributed by atoms with Crippen molar-refractivity contribution in [2.45, 2.75) is 25.1 Å². The lowest BCUT2D eigenvalue weighted by molar-refractivity contribution is -0.241. The quantitative estimate of drug-likeness (QED) is 0.496. The molecule has 12 heavy (non-hydrogen) atoms. The fourth-order valence-corrected chi connectivity index (χ4v) is 0.551. The molecule has 1 fully saturated rings. The topological polar surface area (TPSA) is 55.6 Å². The number of alkyl halides is 3. The lowest BCUT2D eigenvalue weighted by Gasteiger charge is -2.14. The lowest BCUT2D eigenvalue weighted by atomic mass is 10.7. The van der Waals surface area contributed by atoms with E-state index in [9.17, 15) is 18.0 Å². The standard InChI is InChI=1S/C5H7F3N2O2/c6-5(7,8)4(11)12-10(9)3-1-2-3/h3H,1-2,9H2. The molecule has 0 aromatic carbocycles. The second kappa shape index (κ2) is 2.91. The van der Waals surface area contributed by atoms with Gasteiger partial charge in [0.15, 0.2) is 0 Å². The molecule has 0 unspecified atom stereocenters. The first-order chi connectivity index (χ1) is 5.41. The number of hydrogen-bond donors (Lipinski definition) is 1. The number of hydrogen-bond acceptors (Lipinski definition) is 4. The molecule has 0 atom stereocenters. The zero-order valence-electron chi connectivity index (χ0n) is 5.97. The average Bonchev–Trinajstić information content (AvgIpc) is 2.65. The van der Waals surface area contributed by atoms with Gasteiger partial charge in [0.1, 0.15) is 0 Å². The Bertz CT molecular complexity index is 190. The molecular weight excluding hydrogens is 177 g/mol. The Morgan fingerprint density at radius 3 is 2.33 bits per heavy atom. The van der Waals surface area contributed by atoms with Crippen molar-refractivity contribution in [2.24, 2.45) is 5.84 Å². The fraction of sp³-hybridized carbons (Fsp3) is 0.800. The van der Waals surface area contributed by atoms with E-state index < -0.39 is 12.1 Å². The number of hydrazine groups is 1. The van der Waals surface area contributed by atoms with Crippen LogP contribution in [0.2, 0.25) is 0 Å². The Kier molecular flexibility index (Phi) is 2.25. The molecule has 4 nitrogen and oxygen atoms in total. The van der Waals surface area contributed by atoms with Crippen LogP contribution in [-0.2, 0) is 9.63 Å². The van der Waals surface area contributed by atoms with Crippen LogP contribution in [0.5, 0.6) is 0 Å².